The van der Waals surface area contributed by atoms with E-state index in [1.165, 1.54) is 0 Å². The minimum Gasteiger partial charge on any atom is -0.356 e. The van der Waals surface area contributed by atoms with Gasteiger partial charge in [0.2, 0.25) is 11.8 Å². The van der Waals surface area contributed by atoms with Crippen LogP contribution in [-0.4, -0.2) is 29.8 Å². The molecule has 1 aromatic carbocycles. The molecule has 2 aliphatic rings. The minimum absolute atomic E-state index is 0.00823. The Kier molecular flexibility index (Phi) is 5.65. The molecule has 140 valence electrons. The highest BCUT2D eigenvalue weighted by atomic mass is 16.2. The Bertz CT molecular complexity index is 832. The van der Waals surface area contributed by atoms with Crippen molar-refractivity contribution in [3.63, 3.8) is 0 Å². The van der Waals surface area contributed by atoms with E-state index in [9.17, 15) is 14.4 Å². The van der Waals surface area contributed by atoms with Gasteiger partial charge in [0.15, 0.2) is 11.4 Å². The van der Waals surface area contributed by atoms with Crippen LogP contribution in [0.2, 0.25) is 0 Å². The Balaban J connectivity index is 1.41. The average Bonchev–Trinajstić information content (AvgIpc) is 3.44. The molecule has 1 aromatic rings. The van der Waals surface area contributed by atoms with Gasteiger partial charge in [0.05, 0.1) is 0 Å². The third kappa shape index (κ3) is 5.00. The Morgan fingerprint density at radius 1 is 1.22 bits per heavy atom. The van der Waals surface area contributed by atoms with Gasteiger partial charge in [0, 0.05) is 56.3 Å². The Morgan fingerprint density at radius 3 is 2.78 bits per heavy atom. The summed E-state index contributed by atoms with van der Waals surface area (Å²) in [5.74, 6) is 2.31. The van der Waals surface area contributed by atoms with E-state index >= 15 is 0 Å². The van der Waals surface area contributed by atoms with Gasteiger partial charge in [-0.05, 0) is 30.2 Å². The molecule has 0 spiro atoms. The molecule has 7 heteroatoms. The van der Waals surface area contributed by atoms with Crippen LogP contribution >= 0.6 is 0 Å². The number of carbonyl (C=O) groups excluding carboxylic acids is 3. The zero-order chi connectivity index (χ0) is 19.3. The summed E-state index contributed by atoms with van der Waals surface area (Å²) in [6, 6.07) is 5.24. The molecule has 0 fully saturated rings. The monoisotopic (exact) mass is 366 g/mol. The molecule has 2 aliphatic heterocycles. The van der Waals surface area contributed by atoms with Crippen LogP contribution in [0.25, 0.3) is 0 Å². The van der Waals surface area contributed by atoms with E-state index in [1.54, 1.807) is 18.2 Å². The molecule has 0 saturated heterocycles. The molecule has 27 heavy (non-hydrogen) atoms. The third-order valence-electron chi connectivity index (χ3n) is 4.80. The molecule has 0 aromatic heterocycles. The zero-order valence-corrected chi connectivity index (χ0v) is 15.1. The van der Waals surface area contributed by atoms with Gasteiger partial charge in [-0.25, -0.2) is 0 Å². The van der Waals surface area contributed by atoms with Crippen molar-refractivity contribution in [3.8, 4) is 12.3 Å². The SMILES string of the molecule is C#CCCC1(CCNC(=O)CCC(=O)c2ccc3c(c2)CCC(=O)N3)N=N1. The largest absolute Gasteiger partial charge is 0.356 e. The smallest absolute Gasteiger partial charge is 0.224 e. The van der Waals surface area contributed by atoms with Crippen molar-refractivity contribution in [2.24, 2.45) is 10.2 Å². The minimum atomic E-state index is -0.409. The lowest BCUT2D eigenvalue weighted by molar-refractivity contribution is -0.121. The number of rotatable bonds is 9. The van der Waals surface area contributed by atoms with Gasteiger partial charge in [-0.15, -0.1) is 12.3 Å². The first-order valence-electron chi connectivity index (χ1n) is 9.11. The number of hydrogen-bond donors (Lipinski definition) is 2. The van der Waals surface area contributed by atoms with E-state index in [1.807, 2.05) is 0 Å². The van der Waals surface area contributed by atoms with Crippen LogP contribution in [-0.2, 0) is 16.0 Å². The molecular weight excluding hydrogens is 344 g/mol. The zero-order valence-electron chi connectivity index (χ0n) is 15.1. The van der Waals surface area contributed by atoms with Crippen LogP contribution < -0.4 is 10.6 Å². The van der Waals surface area contributed by atoms with E-state index in [-0.39, 0.29) is 30.4 Å². The van der Waals surface area contributed by atoms with Crippen LogP contribution in [0.1, 0.15) is 54.4 Å². The van der Waals surface area contributed by atoms with Gasteiger partial charge in [-0.3, -0.25) is 14.4 Å². The molecule has 0 aliphatic carbocycles. The Morgan fingerprint density at radius 2 is 2.04 bits per heavy atom. The Hall–Kier alpha value is -3.01. The van der Waals surface area contributed by atoms with E-state index in [0.717, 1.165) is 11.3 Å². The summed E-state index contributed by atoms with van der Waals surface area (Å²) < 4.78 is 0. The fraction of sp³-hybridized carbons (Fsp3) is 0.450. The molecule has 0 saturated carbocycles. The maximum Gasteiger partial charge on any atom is 0.224 e. The van der Waals surface area contributed by atoms with Gasteiger partial charge in [-0.1, -0.05) is 0 Å². The van der Waals surface area contributed by atoms with Crippen molar-refractivity contribution in [1.82, 2.24) is 5.32 Å². The lowest BCUT2D eigenvalue weighted by Crippen LogP contribution is -2.28. The molecule has 0 atom stereocenters. The van der Waals surface area contributed by atoms with Gasteiger partial charge in [0.25, 0.3) is 0 Å². The molecule has 7 nitrogen and oxygen atoms in total. The van der Waals surface area contributed by atoms with E-state index < -0.39 is 5.66 Å². The van der Waals surface area contributed by atoms with Crippen LogP contribution in [0, 0.1) is 12.3 Å². The molecule has 0 radical (unpaired) electrons. The summed E-state index contributed by atoms with van der Waals surface area (Å²) in [5.41, 5.74) is 1.88. The van der Waals surface area contributed by atoms with E-state index in [0.29, 0.717) is 44.2 Å². The van der Waals surface area contributed by atoms with Gasteiger partial charge >= 0.3 is 0 Å². The highest BCUT2D eigenvalue weighted by molar-refractivity contribution is 6.00. The van der Waals surface area contributed by atoms with Crippen LogP contribution in [0.3, 0.4) is 0 Å². The van der Waals surface area contributed by atoms with Crippen LogP contribution in [0.15, 0.2) is 28.4 Å². The Labute approximate surface area is 158 Å². The van der Waals surface area contributed by atoms with Crippen molar-refractivity contribution >= 4 is 23.3 Å². The predicted molar refractivity (Wildman–Crippen MR) is 100 cm³/mol. The van der Waals surface area contributed by atoms with Crippen LogP contribution in [0.4, 0.5) is 5.69 Å². The van der Waals surface area contributed by atoms with E-state index in [4.69, 9.17) is 6.42 Å². The van der Waals surface area contributed by atoms with Crippen molar-refractivity contribution < 1.29 is 14.4 Å². The summed E-state index contributed by atoms with van der Waals surface area (Å²) in [6.45, 7) is 0.461. The second-order valence-electron chi connectivity index (χ2n) is 6.83. The standard InChI is InChI=1S/C20H22N4O3/c1-2-3-10-20(23-24-20)11-12-21-18(26)9-7-17(25)15-4-6-16-14(13-15)5-8-19(27)22-16/h1,4,6,13H,3,5,7-12H2,(H,21,26)(H,22,27). The summed E-state index contributed by atoms with van der Waals surface area (Å²) in [7, 11) is 0. The first-order valence-corrected chi connectivity index (χ1v) is 9.11. The number of aryl methyl sites for hydroxylation is 1. The maximum atomic E-state index is 12.3. The van der Waals surface area contributed by atoms with Crippen molar-refractivity contribution in [3.05, 3.63) is 29.3 Å². The number of nitrogens with zero attached hydrogens (tertiary/aromatic N) is 2. The first kappa shape index (κ1) is 18.8. The quantitative estimate of drug-likeness (QED) is 0.519. The summed E-state index contributed by atoms with van der Waals surface area (Å²) in [4.78, 5) is 35.7. The molecular formula is C20H22N4O3. The van der Waals surface area contributed by atoms with E-state index in [2.05, 4.69) is 26.8 Å². The maximum absolute atomic E-state index is 12.3. The van der Waals surface area contributed by atoms with Crippen LogP contribution in [0.5, 0.6) is 0 Å². The highest BCUT2D eigenvalue weighted by Gasteiger charge is 2.38. The summed E-state index contributed by atoms with van der Waals surface area (Å²) in [6.07, 6.45) is 8.53. The number of amides is 2. The number of nitrogens with one attached hydrogen (secondary N) is 2. The molecule has 0 unspecified atom stereocenters. The van der Waals surface area contributed by atoms with Crippen molar-refractivity contribution in [2.75, 3.05) is 11.9 Å². The second-order valence-corrected chi connectivity index (χ2v) is 6.83. The number of terminal acetylenes is 1. The van der Waals surface area contributed by atoms with Crippen molar-refractivity contribution in [1.29, 1.82) is 0 Å². The van der Waals surface area contributed by atoms with Gasteiger partial charge in [0.1, 0.15) is 0 Å². The van der Waals surface area contributed by atoms with Crippen molar-refractivity contribution in [2.45, 2.75) is 50.6 Å². The second kappa shape index (κ2) is 8.12. The molecule has 0 bridgehead atoms. The summed E-state index contributed by atoms with van der Waals surface area (Å²) in [5, 5.41) is 13.6. The lowest BCUT2D eigenvalue weighted by Gasteiger charge is -2.17. The average molecular weight is 366 g/mol. The number of benzene rings is 1. The summed E-state index contributed by atoms with van der Waals surface area (Å²) >= 11 is 0. The number of Topliss-reactive ketones (excluding diaryl/α,β-unsaturated/α-hetero) is 1. The fourth-order valence-electron chi connectivity index (χ4n) is 3.09. The molecule has 3 rings (SSSR count). The molecule has 2 heterocycles. The first-order chi connectivity index (χ1) is 13.0. The van der Waals surface area contributed by atoms with Gasteiger partial charge < -0.3 is 10.6 Å². The number of fused-ring (bicyclic) bond motifs is 1. The topological polar surface area (TPSA) is 100.0 Å². The number of hydrogen-bond acceptors (Lipinski definition) is 5. The lowest BCUT2D eigenvalue weighted by atomic mass is 9.97. The number of carbonyl (C=O) groups is 3. The third-order valence-corrected chi connectivity index (χ3v) is 4.80. The normalized spacial score (nSPS) is 16.0. The highest BCUT2D eigenvalue weighted by Crippen LogP contribution is 2.36. The number of anilines is 1. The fourth-order valence-corrected chi connectivity index (χ4v) is 3.09. The predicted octanol–water partition coefficient (Wildman–Crippen LogP) is 2.62. The van der Waals surface area contributed by atoms with Gasteiger partial charge in [-0.2, -0.15) is 10.2 Å². The number of ketones is 1. The molecule has 2 amide bonds. The molecule has 2 N–H and O–H groups in total.